The molecule has 2 aromatic heterocycles. The van der Waals surface area contributed by atoms with Crippen LogP contribution < -0.4 is 10.6 Å². The number of carbonyl (C=O) groups excluding carboxylic acids is 2. The number of carbonyl (C=O) groups is 2. The molecular formula is C27H38N6O2. The maximum Gasteiger partial charge on any atom is 0.246 e. The molecule has 1 aliphatic rings. The van der Waals surface area contributed by atoms with E-state index in [-0.39, 0.29) is 11.8 Å². The van der Waals surface area contributed by atoms with E-state index in [9.17, 15) is 9.59 Å². The van der Waals surface area contributed by atoms with Gasteiger partial charge in [0, 0.05) is 44.0 Å². The fourth-order valence-electron chi connectivity index (χ4n) is 3.75. The Hall–Kier alpha value is -3.26. The Morgan fingerprint density at radius 3 is 2.66 bits per heavy atom. The number of nitrogens with zero attached hydrogens (tertiary/aromatic N) is 4. The number of hydrogen-bond donors (Lipinski definition) is 2. The van der Waals surface area contributed by atoms with Gasteiger partial charge < -0.3 is 20.4 Å². The van der Waals surface area contributed by atoms with E-state index in [4.69, 9.17) is 4.98 Å². The average molecular weight is 479 g/mol. The number of amides is 2. The quantitative estimate of drug-likeness (QED) is 0.455. The van der Waals surface area contributed by atoms with E-state index in [0.29, 0.717) is 25.4 Å². The van der Waals surface area contributed by atoms with Gasteiger partial charge in [-0.1, -0.05) is 19.1 Å². The summed E-state index contributed by atoms with van der Waals surface area (Å²) >= 11 is 0. The standard InChI is InChI=1S/C27H38N6O2/c1-6-21-11-12-24(31-26(21)22-9-10-22)30-23-16-20(17-28-18-23)13-14-29-27(35)19(2)33(5)25(34)8-7-15-32(3)4/h7-8,11-12,16-19,22H,6,9-10,13-15H2,1-5H3,(H,29,35)(H,30,31)/b8-7+/t19-/m0/s1. The molecule has 188 valence electrons. The average Bonchev–Trinajstić information content (AvgIpc) is 3.68. The number of nitrogens with one attached hydrogen (secondary N) is 2. The summed E-state index contributed by atoms with van der Waals surface area (Å²) in [5.41, 5.74) is 4.42. The summed E-state index contributed by atoms with van der Waals surface area (Å²) in [6.07, 6.45) is 11.0. The van der Waals surface area contributed by atoms with E-state index < -0.39 is 6.04 Å². The molecule has 35 heavy (non-hydrogen) atoms. The van der Waals surface area contributed by atoms with Crippen LogP contribution in [0.25, 0.3) is 0 Å². The number of anilines is 2. The predicted octanol–water partition coefficient (Wildman–Crippen LogP) is 3.28. The van der Waals surface area contributed by atoms with Gasteiger partial charge in [0.1, 0.15) is 11.9 Å². The Labute approximate surface area is 208 Å². The van der Waals surface area contributed by atoms with Crippen LogP contribution in [0.3, 0.4) is 0 Å². The van der Waals surface area contributed by atoms with Crippen molar-refractivity contribution in [2.75, 3.05) is 39.5 Å². The van der Waals surface area contributed by atoms with Gasteiger partial charge in [0.2, 0.25) is 11.8 Å². The smallest absolute Gasteiger partial charge is 0.246 e. The SMILES string of the molecule is CCc1ccc(Nc2cncc(CCNC(=O)[C@H](C)N(C)C(=O)/C=C/CN(C)C)c2)nc1C1CC1. The number of rotatable bonds is 12. The van der Waals surface area contributed by atoms with Crippen LogP contribution in [-0.2, 0) is 22.4 Å². The molecule has 3 rings (SSSR count). The van der Waals surface area contributed by atoms with Gasteiger partial charge in [-0.15, -0.1) is 0 Å². The third kappa shape index (κ3) is 7.89. The molecule has 2 N–H and O–H groups in total. The molecule has 1 fully saturated rings. The minimum absolute atomic E-state index is 0.183. The number of likely N-dealkylation sites (N-methyl/N-ethyl adjacent to an activating group) is 2. The Morgan fingerprint density at radius 1 is 1.20 bits per heavy atom. The normalized spacial score (nSPS) is 14.2. The van der Waals surface area contributed by atoms with Gasteiger partial charge in [-0.3, -0.25) is 14.6 Å². The van der Waals surface area contributed by atoms with Crippen LogP contribution in [0, 0.1) is 0 Å². The molecule has 0 aromatic carbocycles. The van der Waals surface area contributed by atoms with E-state index in [1.807, 2.05) is 31.1 Å². The van der Waals surface area contributed by atoms with Crippen LogP contribution in [0.5, 0.6) is 0 Å². The molecule has 0 radical (unpaired) electrons. The molecule has 1 aliphatic carbocycles. The highest BCUT2D eigenvalue weighted by atomic mass is 16.2. The maximum atomic E-state index is 12.5. The largest absolute Gasteiger partial charge is 0.354 e. The zero-order chi connectivity index (χ0) is 25.4. The second-order valence-corrected chi connectivity index (χ2v) is 9.41. The van der Waals surface area contributed by atoms with Crippen molar-refractivity contribution >= 4 is 23.3 Å². The lowest BCUT2D eigenvalue weighted by molar-refractivity contribution is -0.135. The fraction of sp³-hybridized carbons (Fsp3) is 0.481. The molecule has 1 saturated carbocycles. The highest BCUT2D eigenvalue weighted by Crippen LogP contribution is 2.41. The second kappa shape index (κ2) is 12.4. The van der Waals surface area contributed by atoms with Crippen molar-refractivity contribution in [3.05, 3.63) is 59.6 Å². The fourth-order valence-corrected chi connectivity index (χ4v) is 3.75. The molecule has 2 aromatic rings. The first-order valence-electron chi connectivity index (χ1n) is 12.3. The van der Waals surface area contributed by atoms with E-state index in [1.54, 1.807) is 32.4 Å². The maximum absolute atomic E-state index is 12.5. The molecular weight excluding hydrogens is 440 g/mol. The summed E-state index contributed by atoms with van der Waals surface area (Å²) in [7, 11) is 5.50. The lowest BCUT2D eigenvalue weighted by atomic mass is 10.1. The first-order chi connectivity index (χ1) is 16.8. The molecule has 0 bridgehead atoms. The summed E-state index contributed by atoms with van der Waals surface area (Å²) in [5, 5.41) is 6.30. The summed E-state index contributed by atoms with van der Waals surface area (Å²) in [4.78, 5) is 37.4. The molecule has 2 heterocycles. The molecule has 0 unspecified atom stereocenters. The van der Waals surface area contributed by atoms with Crippen LogP contribution in [0.1, 0.15) is 49.4 Å². The van der Waals surface area contributed by atoms with Crippen molar-refractivity contribution < 1.29 is 9.59 Å². The summed E-state index contributed by atoms with van der Waals surface area (Å²) < 4.78 is 0. The second-order valence-electron chi connectivity index (χ2n) is 9.41. The topological polar surface area (TPSA) is 90.5 Å². The Kier molecular flexibility index (Phi) is 9.37. The number of pyridine rings is 2. The Morgan fingerprint density at radius 2 is 1.97 bits per heavy atom. The summed E-state index contributed by atoms with van der Waals surface area (Å²) in [5.74, 6) is 1.06. The molecule has 2 amide bonds. The van der Waals surface area contributed by atoms with Gasteiger partial charge in [0.05, 0.1) is 11.9 Å². The first-order valence-corrected chi connectivity index (χ1v) is 12.3. The van der Waals surface area contributed by atoms with Crippen molar-refractivity contribution in [2.45, 2.75) is 51.5 Å². The third-order valence-corrected chi connectivity index (χ3v) is 6.18. The molecule has 0 aliphatic heterocycles. The van der Waals surface area contributed by atoms with E-state index in [1.165, 1.54) is 35.1 Å². The van der Waals surface area contributed by atoms with Crippen LogP contribution >= 0.6 is 0 Å². The van der Waals surface area contributed by atoms with Crippen LogP contribution in [-0.4, -0.2) is 71.9 Å². The van der Waals surface area contributed by atoms with E-state index in [0.717, 1.165) is 23.5 Å². The molecule has 0 saturated heterocycles. The Bertz CT molecular complexity index is 1050. The minimum atomic E-state index is -0.560. The molecule has 8 heteroatoms. The highest BCUT2D eigenvalue weighted by molar-refractivity contribution is 5.92. The van der Waals surface area contributed by atoms with Crippen LogP contribution in [0.15, 0.2) is 42.7 Å². The first kappa shape index (κ1) is 26.3. The van der Waals surface area contributed by atoms with Crippen molar-refractivity contribution in [1.82, 2.24) is 25.1 Å². The molecule has 1 atom stereocenters. The van der Waals surface area contributed by atoms with Crippen molar-refractivity contribution in [3.8, 4) is 0 Å². The molecule has 8 nitrogen and oxygen atoms in total. The number of aromatic nitrogens is 2. The van der Waals surface area contributed by atoms with E-state index in [2.05, 4.69) is 28.6 Å². The summed E-state index contributed by atoms with van der Waals surface area (Å²) in [6.45, 7) is 5.03. The van der Waals surface area contributed by atoms with Crippen molar-refractivity contribution in [3.63, 3.8) is 0 Å². The minimum Gasteiger partial charge on any atom is -0.354 e. The van der Waals surface area contributed by atoms with Gasteiger partial charge in [-0.2, -0.15) is 0 Å². The van der Waals surface area contributed by atoms with Crippen LogP contribution in [0.2, 0.25) is 0 Å². The van der Waals surface area contributed by atoms with Gasteiger partial charge in [-0.25, -0.2) is 4.98 Å². The zero-order valence-electron chi connectivity index (χ0n) is 21.5. The van der Waals surface area contributed by atoms with Gasteiger partial charge in [0.25, 0.3) is 0 Å². The summed E-state index contributed by atoms with van der Waals surface area (Å²) in [6, 6.07) is 5.65. The lowest BCUT2D eigenvalue weighted by Gasteiger charge is -2.23. The highest BCUT2D eigenvalue weighted by Gasteiger charge is 2.27. The molecule has 0 spiro atoms. The van der Waals surface area contributed by atoms with Crippen molar-refractivity contribution in [1.29, 1.82) is 0 Å². The predicted molar refractivity (Wildman–Crippen MR) is 140 cm³/mol. The van der Waals surface area contributed by atoms with Crippen molar-refractivity contribution in [2.24, 2.45) is 0 Å². The number of aryl methyl sites for hydroxylation is 1. The van der Waals surface area contributed by atoms with Gasteiger partial charge >= 0.3 is 0 Å². The Balaban J connectivity index is 1.50. The van der Waals surface area contributed by atoms with Gasteiger partial charge in [0.15, 0.2) is 0 Å². The zero-order valence-corrected chi connectivity index (χ0v) is 21.5. The third-order valence-electron chi connectivity index (χ3n) is 6.18. The monoisotopic (exact) mass is 478 g/mol. The van der Waals surface area contributed by atoms with E-state index >= 15 is 0 Å². The van der Waals surface area contributed by atoms with Crippen LogP contribution in [0.4, 0.5) is 11.5 Å². The lowest BCUT2D eigenvalue weighted by Crippen LogP contribution is -2.45. The number of hydrogen-bond acceptors (Lipinski definition) is 6. The van der Waals surface area contributed by atoms with Gasteiger partial charge in [-0.05, 0) is 70.0 Å².